The van der Waals surface area contributed by atoms with Crippen LogP contribution in [0.25, 0.3) is 6.08 Å². The normalized spacial score (nSPS) is 21.3. The molecule has 1 saturated heterocycles. The summed E-state index contributed by atoms with van der Waals surface area (Å²) in [5.74, 6) is 0.368. The summed E-state index contributed by atoms with van der Waals surface area (Å²) < 4.78 is 0. The average Bonchev–Trinajstić information content (AvgIpc) is 2.64. The first-order valence-electron chi connectivity index (χ1n) is 8.71. The van der Waals surface area contributed by atoms with Gasteiger partial charge in [0.1, 0.15) is 0 Å². The maximum Gasteiger partial charge on any atom is 0.244 e. The number of pyridine rings is 2. The van der Waals surface area contributed by atoms with Crippen LogP contribution in [0.3, 0.4) is 0 Å². The van der Waals surface area contributed by atoms with Crippen molar-refractivity contribution in [1.82, 2.24) is 20.2 Å². The number of nitrogens with one attached hydrogen (secondary N) is 1. The quantitative estimate of drug-likeness (QED) is 0.853. The molecule has 130 valence electrons. The van der Waals surface area contributed by atoms with Gasteiger partial charge in [0.2, 0.25) is 5.91 Å². The molecule has 0 aromatic carbocycles. The molecule has 0 aliphatic carbocycles. The topological polar surface area (TPSA) is 58.1 Å². The average molecular weight is 336 g/mol. The number of amides is 1. The minimum absolute atomic E-state index is 0.0427. The molecule has 2 atom stereocenters. The lowest BCUT2D eigenvalue weighted by atomic mass is 9.93. The van der Waals surface area contributed by atoms with Gasteiger partial charge in [-0.15, -0.1) is 0 Å². The summed E-state index contributed by atoms with van der Waals surface area (Å²) in [6, 6.07) is 10.0. The van der Waals surface area contributed by atoms with Crippen molar-refractivity contribution in [3.05, 3.63) is 66.3 Å². The number of hydrogen-bond acceptors (Lipinski definition) is 4. The number of rotatable bonds is 5. The van der Waals surface area contributed by atoms with Crippen molar-refractivity contribution in [3.63, 3.8) is 0 Å². The fraction of sp³-hybridized carbons (Fsp3) is 0.350. The zero-order valence-electron chi connectivity index (χ0n) is 14.5. The zero-order chi connectivity index (χ0) is 17.5. The molecule has 2 aromatic rings. The molecule has 5 nitrogen and oxygen atoms in total. The minimum atomic E-state index is -0.0427. The van der Waals surface area contributed by atoms with Crippen molar-refractivity contribution < 1.29 is 4.79 Å². The van der Waals surface area contributed by atoms with E-state index in [0.29, 0.717) is 5.92 Å². The Morgan fingerprint density at radius 1 is 1.32 bits per heavy atom. The Labute approximate surface area is 148 Å². The molecule has 1 N–H and O–H groups in total. The molecule has 1 fully saturated rings. The van der Waals surface area contributed by atoms with Gasteiger partial charge in [-0.25, -0.2) is 0 Å². The molecule has 1 amide bonds. The van der Waals surface area contributed by atoms with Gasteiger partial charge >= 0.3 is 0 Å². The predicted octanol–water partition coefficient (Wildman–Crippen LogP) is 2.52. The van der Waals surface area contributed by atoms with Crippen LogP contribution in [0.15, 0.2) is 55.0 Å². The van der Waals surface area contributed by atoms with Crippen molar-refractivity contribution in [2.24, 2.45) is 5.92 Å². The molecule has 1 aliphatic heterocycles. The molecule has 0 radical (unpaired) electrons. The van der Waals surface area contributed by atoms with Crippen LogP contribution >= 0.6 is 0 Å². The fourth-order valence-corrected chi connectivity index (χ4v) is 3.19. The highest BCUT2D eigenvalue weighted by atomic mass is 16.1. The molecule has 5 heteroatoms. The van der Waals surface area contributed by atoms with Crippen LogP contribution in [0.1, 0.15) is 24.6 Å². The van der Waals surface area contributed by atoms with Gasteiger partial charge in [-0.05, 0) is 42.2 Å². The third-order valence-electron chi connectivity index (χ3n) is 4.54. The SMILES string of the molecule is C[C@@H]1CN(Cc2ccccn2)CC[C@@H]1NC(=O)/C=C/c1cccnc1. The monoisotopic (exact) mass is 336 g/mol. The van der Waals surface area contributed by atoms with Crippen LogP contribution in [-0.2, 0) is 11.3 Å². The number of carbonyl (C=O) groups excluding carboxylic acids is 1. The Morgan fingerprint density at radius 3 is 2.96 bits per heavy atom. The van der Waals surface area contributed by atoms with Crippen LogP contribution in [0.2, 0.25) is 0 Å². The lowest BCUT2D eigenvalue weighted by Crippen LogP contribution is -2.49. The molecule has 0 saturated carbocycles. The van der Waals surface area contributed by atoms with Gasteiger partial charge in [0.15, 0.2) is 0 Å². The molecule has 3 rings (SSSR count). The lowest BCUT2D eigenvalue weighted by Gasteiger charge is -2.37. The molecular weight excluding hydrogens is 312 g/mol. The molecule has 0 spiro atoms. The Bertz CT molecular complexity index is 702. The molecule has 3 heterocycles. The second-order valence-electron chi connectivity index (χ2n) is 6.56. The van der Waals surface area contributed by atoms with Crippen LogP contribution in [-0.4, -0.2) is 39.9 Å². The van der Waals surface area contributed by atoms with Gasteiger partial charge < -0.3 is 5.32 Å². The summed E-state index contributed by atoms with van der Waals surface area (Å²) in [6.45, 7) is 5.00. The second-order valence-corrected chi connectivity index (χ2v) is 6.56. The van der Waals surface area contributed by atoms with E-state index in [1.807, 2.05) is 30.5 Å². The maximum atomic E-state index is 12.2. The Kier molecular flexibility index (Phi) is 5.90. The van der Waals surface area contributed by atoms with Crippen LogP contribution in [0.4, 0.5) is 0 Å². The summed E-state index contributed by atoms with van der Waals surface area (Å²) in [6.07, 6.45) is 9.63. The van der Waals surface area contributed by atoms with E-state index >= 15 is 0 Å². The minimum Gasteiger partial charge on any atom is -0.349 e. The highest BCUT2D eigenvalue weighted by Crippen LogP contribution is 2.18. The maximum absolute atomic E-state index is 12.2. The Balaban J connectivity index is 1.48. The smallest absolute Gasteiger partial charge is 0.244 e. The van der Waals surface area contributed by atoms with Crippen LogP contribution < -0.4 is 5.32 Å². The van der Waals surface area contributed by atoms with Gasteiger partial charge in [-0.1, -0.05) is 19.1 Å². The van der Waals surface area contributed by atoms with Gasteiger partial charge in [-0.3, -0.25) is 19.7 Å². The Morgan fingerprint density at radius 2 is 2.24 bits per heavy atom. The highest BCUT2D eigenvalue weighted by Gasteiger charge is 2.26. The van der Waals surface area contributed by atoms with E-state index in [1.54, 1.807) is 24.5 Å². The van der Waals surface area contributed by atoms with E-state index in [4.69, 9.17) is 0 Å². The van der Waals surface area contributed by atoms with Crippen molar-refractivity contribution in [3.8, 4) is 0 Å². The number of carbonyl (C=O) groups is 1. The van der Waals surface area contributed by atoms with Gasteiger partial charge in [0, 0.05) is 50.3 Å². The number of piperidine rings is 1. The van der Waals surface area contributed by atoms with Gasteiger partial charge in [-0.2, -0.15) is 0 Å². The van der Waals surface area contributed by atoms with E-state index in [2.05, 4.69) is 33.2 Å². The predicted molar refractivity (Wildman–Crippen MR) is 98.5 cm³/mol. The molecular formula is C20H24N4O. The summed E-state index contributed by atoms with van der Waals surface area (Å²) >= 11 is 0. The first kappa shape index (κ1) is 17.3. The third-order valence-corrected chi connectivity index (χ3v) is 4.54. The van der Waals surface area contributed by atoms with Crippen molar-refractivity contribution in [1.29, 1.82) is 0 Å². The number of aromatic nitrogens is 2. The summed E-state index contributed by atoms with van der Waals surface area (Å²) in [5.41, 5.74) is 2.02. The molecule has 25 heavy (non-hydrogen) atoms. The summed E-state index contributed by atoms with van der Waals surface area (Å²) in [5, 5.41) is 3.13. The molecule has 2 aromatic heterocycles. The largest absolute Gasteiger partial charge is 0.349 e. The zero-order valence-corrected chi connectivity index (χ0v) is 14.5. The molecule has 0 bridgehead atoms. The molecule has 0 unspecified atom stereocenters. The fourth-order valence-electron chi connectivity index (χ4n) is 3.19. The first-order valence-corrected chi connectivity index (χ1v) is 8.71. The van der Waals surface area contributed by atoms with E-state index < -0.39 is 0 Å². The van der Waals surface area contributed by atoms with E-state index in [9.17, 15) is 4.79 Å². The highest BCUT2D eigenvalue weighted by molar-refractivity contribution is 5.91. The van der Waals surface area contributed by atoms with Gasteiger partial charge in [0.05, 0.1) is 5.69 Å². The number of nitrogens with zero attached hydrogens (tertiary/aromatic N) is 3. The first-order chi connectivity index (χ1) is 12.2. The summed E-state index contributed by atoms with van der Waals surface area (Å²) in [4.78, 5) is 23.0. The van der Waals surface area contributed by atoms with Crippen LogP contribution in [0, 0.1) is 5.92 Å². The van der Waals surface area contributed by atoms with Crippen molar-refractivity contribution in [2.45, 2.75) is 25.9 Å². The second kappa shape index (κ2) is 8.53. The summed E-state index contributed by atoms with van der Waals surface area (Å²) in [7, 11) is 0. The van der Waals surface area contributed by atoms with Crippen LogP contribution in [0.5, 0.6) is 0 Å². The van der Waals surface area contributed by atoms with E-state index in [0.717, 1.165) is 37.3 Å². The lowest BCUT2D eigenvalue weighted by molar-refractivity contribution is -0.117. The van der Waals surface area contributed by atoms with E-state index in [-0.39, 0.29) is 11.9 Å². The number of hydrogen-bond donors (Lipinski definition) is 1. The standard InChI is InChI=1S/C20H24N4O/c1-16-14-24(15-18-6-2-3-11-22-18)12-9-19(16)23-20(25)8-7-17-5-4-10-21-13-17/h2-8,10-11,13,16,19H,9,12,14-15H2,1H3,(H,23,25)/b8-7+/t16-,19+/m1/s1. The number of likely N-dealkylation sites (tertiary alicyclic amines) is 1. The Hall–Kier alpha value is -2.53. The van der Waals surface area contributed by atoms with Crippen molar-refractivity contribution in [2.75, 3.05) is 13.1 Å². The van der Waals surface area contributed by atoms with E-state index in [1.165, 1.54) is 0 Å². The van der Waals surface area contributed by atoms with Gasteiger partial charge in [0.25, 0.3) is 0 Å². The van der Waals surface area contributed by atoms with Crippen molar-refractivity contribution >= 4 is 12.0 Å². The molecule has 1 aliphatic rings. The third kappa shape index (κ3) is 5.22.